The van der Waals surface area contributed by atoms with Gasteiger partial charge in [0.15, 0.2) is 5.75 Å². The molecule has 0 heterocycles. The molecule has 0 aliphatic rings. The van der Waals surface area contributed by atoms with E-state index in [1.807, 2.05) is 36.4 Å². The van der Waals surface area contributed by atoms with Crippen LogP contribution in [0.5, 0.6) is 11.5 Å². The molecule has 1 N–H and O–H groups in total. The summed E-state index contributed by atoms with van der Waals surface area (Å²) in [5.41, 5.74) is 1.70. The Labute approximate surface area is 194 Å². The van der Waals surface area contributed by atoms with Crippen LogP contribution in [0.3, 0.4) is 0 Å². The number of aliphatic hydroxyl groups is 1. The van der Waals surface area contributed by atoms with Crippen molar-refractivity contribution in [1.29, 1.82) is 0 Å². The molecule has 0 saturated heterocycles. The van der Waals surface area contributed by atoms with Crippen LogP contribution < -0.4 is 9.47 Å². The summed E-state index contributed by atoms with van der Waals surface area (Å²) in [4.78, 5) is 0. The summed E-state index contributed by atoms with van der Waals surface area (Å²) in [5.74, 6) is 1.55. The maximum Gasteiger partial charge on any atom is 0.156 e. The molecule has 2 atom stereocenters. The van der Waals surface area contributed by atoms with Gasteiger partial charge in [0.1, 0.15) is 18.5 Å². The van der Waals surface area contributed by atoms with Gasteiger partial charge < -0.3 is 19.3 Å². The van der Waals surface area contributed by atoms with Crippen molar-refractivity contribution in [2.75, 3.05) is 32.8 Å². The monoisotopic (exact) mass is 474 g/mol. The number of alkyl halides is 1. The SMILES string of the molecule is COC[C@H](C)COc1ccc(C(C)(C)c2cc(Cl)c(OC[C@H](O)CCl)c(Cl)c2)cc1. The Morgan fingerprint density at radius 2 is 1.53 bits per heavy atom. The zero-order chi connectivity index (χ0) is 22.3. The molecule has 7 heteroatoms. The Balaban J connectivity index is 2.16. The molecule has 0 radical (unpaired) electrons. The molecule has 2 aromatic rings. The second-order valence-electron chi connectivity index (χ2n) is 7.91. The van der Waals surface area contributed by atoms with Crippen molar-refractivity contribution < 1.29 is 19.3 Å². The normalized spacial score (nSPS) is 13.7. The highest BCUT2D eigenvalue weighted by Crippen LogP contribution is 2.40. The molecule has 30 heavy (non-hydrogen) atoms. The average molecular weight is 476 g/mol. The highest BCUT2D eigenvalue weighted by atomic mass is 35.5. The van der Waals surface area contributed by atoms with Crippen LogP contribution in [0.25, 0.3) is 0 Å². The van der Waals surface area contributed by atoms with E-state index in [-0.39, 0.29) is 17.9 Å². The lowest BCUT2D eigenvalue weighted by molar-refractivity contribution is 0.125. The first-order chi connectivity index (χ1) is 14.2. The summed E-state index contributed by atoms with van der Waals surface area (Å²) >= 11 is 18.4. The summed E-state index contributed by atoms with van der Waals surface area (Å²) in [7, 11) is 1.69. The van der Waals surface area contributed by atoms with Crippen LogP contribution in [0.4, 0.5) is 0 Å². The molecule has 0 bridgehead atoms. The molecule has 166 valence electrons. The zero-order valence-electron chi connectivity index (χ0n) is 17.8. The lowest BCUT2D eigenvalue weighted by Crippen LogP contribution is -2.20. The highest BCUT2D eigenvalue weighted by molar-refractivity contribution is 6.37. The second-order valence-corrected chi connectivity index (χ2v) is 9.03. The van der Waals surface area contributed by atoms with Crippen molar-refractivity contribution >= 4 is 34.8 Å². The van der Waals surface area contributed by atoms with E-state index in [9.17, 15) is 5.11 Å². The lowest BCUT2D eigenvalue weighted by atomic mass is 9.78. The van der Waals surface area contributed by atoms with Gasteiger partial charge in [0.2, 0.25) is 0 Å². The molecule has 0 spiro atoms. The predicted molar refractivity (Wildman–Crippen MR) is 124 cm³/mol. The third-order valence-electron chi connectivity index (χ3n) is 4.88. The molecule has 0 aliphatic heterocycles. The minimum absolute atomic E-state index is 0.0239. The number of ether oxygens (including phenoxy) is 3. The Kier molecular flexibility index (Phi) is 9.58. The highest BCUT2D eigenvalue weighted by Gasteiger charge is 2.26. The molecule has 0 fully saturated rings. The second kappa shape index (κ2) is 11.4. The Morgan fingerprint density at radius 1 is 0.933 bits per heavy atom. The summed E-state index contributed by atoms with van der Waals surface area (Å²) in [6.45, 7) is 7.57. The van der Waals surface area contributed by atoms with Crippen LogP contribution in [-0.4, -0.2) is 44.0 Å². The van der Waals surface area contributed by atoms with Crippen molar-refractivity contribution in [2.24, 2.45) is 5.92 Å². The largest absolute Gasteiger partial charge is 0.493 e. The molecule has 0 aliphatic carbocycles. The quantitative estimate of drug-likeness (QED) is 0.407. The van der Waals surface area contributed by atoms with Gasteiger partial charge in [-0.1, -0.05) is 56.1 Å². The number of rotatable bonds is 11. The first-order valence-electron chi connectivity index (χ1n) is 9.77. The van der Waals surface area contributed by atoms with Crippen molar-refractivity contribution in [2.45, 2.75) is 32.3 Å². The van der Waals surface area contributed by atoms with Gasteiger partial charge in [-0.05, 0) is 35.4 Å². The number of hydrogen-bond acceptors (Lipinski definition) is 4. The van der Waals surface area contributed by atoms with Crippen LogP contribution in [0.1, 0.15) is 31.9 Å². The van der Waals surface area contributed by atoms with Gasteiger partial charge in [-0.25, -0.2) is 0 Å². The van der Waals surface area contributed by atoms with E-state index in [4.69, 9.17) is 49.0 Å². The maximum atomic E-state index is 9.59. The minimum Gasteiger partial charge on any atom is -0.493 e. The summed E-state index contributed by atoms with van der Waals surface area (Å²) in [5, 5.41) is 10.4. The van der Waals surface area contributed by atoms with Gasteiger partial charge in [0.25, 0.3) is 0 Å². The van der Waals surface area contributed by atoms with Crippen molar-refractivity contribution in [3.05, 3.63) is 57.6 Å². The number of aliphatic hydroxyl groups excluding tert-OH is 1. The molecule has 2 aromatic carbocycles. The van der Waals surface area contributed by atoms with Crippen molar-refractivity contribution in [1.82, 2.24) is 0 Å². The minimum atomic E-state index is -0.784. The molecule has 2 rings (SSSR count). The number of methoxy groups -OCH3 is 1. The van der Waals surface area contributed by atoms with E-state index < -0.39 is 6.10 Å². The third kappa shape index (κ3) is 6.66. The number of benzene rings is 2. The summed E-state index contributed by atoms with van der Waals surface area (Å²) in [6, 6.07) is 11.7. The first-order valence-corrected chi connectivity index (χ1v) is 11.1. The fourth-order valence-corrected chi connectivity index (χ4v) is 3.67. The average Bonchev–Trinajstić information content (AvgIpc) is 2.71. The fraction of sp³-hybridized carbons (Fsp3) is 0.478. The van der Waals surface area contributed by atoms with E-state index in [1.54, 1.807) is 7.11 Å². The van der Waals surface area contributed by atoms with Gasteiger partial charge in [0.05, 0.1) is 29.1 Å². The van der Waals surface area contributed by atoms with Crippen LogP contribution in [0.15, 0.2) is 36.4 Å². The molecule has 4 nitrogen and oxygen atoms in total. The lowest BCUT2D eigenvalue weighted by Gasteiger charge is -2.27. The zero-order valence-corrected chi connectivity index (χ0v) is 20.0. The molecule has 0 aromatic heterocycles. The predicted octanol–water partition coefficient (Wildman–Crippen LogP) is 5.96. The smallest absolute Gasteiger partial charge is 0.156 e. The Morgan fingerprint density at radius 3 is 2.07 bits per heavy atom. The first kappa shape index (κ1) is 25.1. The molecule has 0 amide bonds. The topological polar surface area (TPSA) is 47.9 Å². The van der Waals surface area contributed by atoms with Crippen LogP contribution in [-0.2, 0) is 10.2 Å². The van der Waals surface area contributed by atoms with Gasteiger partial charge in [-0.2, -0.15) is 0 Å². The molecular formula is C23H29Cl3O4. The van der Waals surface area contributed by atoms with E-state index in [2.05, 4.69) is 20.8 Å². The summed E-state index contributed by atoms with van der Waals surface area (Å²) in [6.07, 6.45) is -0.784. The van der Waals surface area contributed by atoms with Gasteiger partial charge >= 0.3 is 0 Å². The van der Waals surface area contributed by atoms with Gasteiger partial charge in [0, 0.05) is 18.4 Å². The Hall–Kier alpha value is -1.17. The Bertz CT molecular complexity index is 786. The van der Waals surface area contributed by atoms with Crippen LogP contribution in [0.2, 0.25) is 10.0 Å². The van der Waals surface area contributed by atoms with Crippen molar-refractivity contribution in [3.63, 3.8) is 0 Å². The van der Waals surface area contributed by atoms with Crippen LogP contribution >= 0.6 is 34.8 Å². The number of hydrogen-bond donors (Lipinski definition) is 1. The van der Waals surface area contributed by atoms with Crippen molar-refractivity contribution in [3.8, 4) is 11.5 Å². The fourth-order valence-electron chi connectivity index (χ4n) is 2.99. The summed E-state index contributed by atoms with van der Waals surface area (Å²) < 4.78 is 16.5. The van der Waals surface area contributed by atoms with Gasteiger partial charge in [-0.3, -0.25) is 0 Å². The van der Waals surface area contributed by atoms with E-state index in [0.717, 1.165) is 16.9 Å². The maximum absolute atomic E-state index is 9.59. The van der Waals surface area contributed by atoms with E-state index >= 15 is 0 Å². The standard InChI is InChI=1S/C23H29Cl3O4/c1-15(12-28-4)13-29-19-7-5-16(6-8-19)23(2,3)17-9-20(25)22(21(26)10-17)30-14-18(27)11-24/h5-10,15,18,27H,11-14H2,1-4H3/t15-,18+/m0/s1. The van der Waals surface area contributed by atoms with E-state index in [1.165, 1.54) is 0 Å². The molecular weight excluding hydrogens is 447 g/mol. The van der Waals surface area contributed by atoms with Gasteiger partial charge in [-0.15, -0.1) is 11.6 Å². The molecule has 0 saturated carbocycles. The third-order valence-corrected chi connectivity index (χ3v) is 5.80. The van der Waals surface area contributed by atoms with Crippen LogP contribution in [0, 0.1) is 5.92 Å². The van der Waals surface area contributed by atoms with E-state index in [0.29, 0.717) is 34.9 Å². The number of halogens is 3. The molecule has 0 unspecified atom stereocenters.